The number of aliphatic hydroxyl groups is 1. The molecule has 0 radical (unpaired) electrons. The molecule has 5 heteroatoms. The zero-order chi connectivity index (χ0) is 15.2. The van der Waals surface area contributed by atoms with E-state index >= 15 is 0 Å². The Bertz CT molecular complexity index is 452. The van der Waals surface area contributed by atoms with Crippen molar-refractivity contribution < 1.29 is 19.3 Å². The summed E-state index contributed by atoms with van der Waals surface area (Å²) in [6.07, 6.45) is 0.616. The Morgan fingerprint density at radius 1 is 1.38 bits per heavy atom. The van der Waals surface area contributed by atoms with Gasteiger partial charge in [0, 0.05) is 37.9 Å². The molecule has 0 spiro atoms. The Morgan fingerprint density at radius 3 is 2.90 bits per heavy atom. The topological polar surface area (TPSA) is 51.2 Å². The SMILES string of the molecule is COc1ccc(C(O)CN2CCCOC(C)C2)c(OC)c1. The third kappa shape index (κ3) is 4.33. The molecule has 118 valence electrons. The van der Waals surface area contributed by atoms with Gasteiger partial charge in [0.2, 0.25) is 0 Å². The largest absolute Gasteiger partial charge is 0.497 e. The maximum Gasteiger partial charge on any atom is 0.128 e. The molecule has 2 unspecified atom stereocenters. The molecule has 2 rings (SSSR count). The first-order valence-electron chi connectivity index (χ1n) is 7.38. The summed E-state index contributed by atoms with van der Waals surface area (Å²) in [5, 5.41) is 10.5. The second kappa shape index (κ2) is 7.64. The van der Waals surface area contributed by atoms with Gasteiger partial charge in [-0.05, 0) is 25.5 Å². The van der Waals surface area contributed by atoms with Crippen molar-refractivity contribution in [1.29, 1.82) is 0 Å². The van der Waals surface area contributed by atoms with Crippen molar-refractivity contribution in [2.75, 3.05) is 40.5 Å². The number of β-amino-alcohol motifs (C(OH)–C–C–N with tert-alkyl or cyclic N) is 1. The predicted molar refractivity (Wildman–Crippen MR) is 81.0 cm³/mol. The average Bonchev–Trinajstić information content (AvgIpc) is 2.70. The van der Waals surface area contributed by atoms with E-state index in [1.165, 1.54) is 0 Å². The van der Waals surface area contributed by atoms with Gasteiger partial charge in [0.15, 0.2) is 0 Å². The van der Waals surface area contributed by atoms with Crippen LogP contribution in [0.3, 0.4) is 0 Å². The van der Waals surface area contributed by atoms with E-state index in [1.54, 1.807) is 20.3 Å². The summed E-state index contributed by atoms with van der Waals surface area (Å²) in [4.78, 5) is 2.24. The van der Waals surface area contributed by atoms with Gasteiger partial charge in [-0.15, -0.1) is 0 Å². The van der Waals surface area contributed by atoms with Crippen molar-refractivity contribution in [3.05, 3.63) is 23.8 Å². The normalized spacial score (nSPS) is 21.6. The van der Waals surface area contributed by atoms with Crippen LogP contribution in [0.4, 0.5) is 0 Å². The molecule has 1 aromatic rings. The molecule has 0 bridgehead atoms. The number of benzene rings is 1. The van der Waals surface area contributed by atoms with Crippen molar-refractivity contribution in [3.8, 4) is 11.5 Å². The summed E-state index contributed by atoms with van der Waals surface area (Å²) >= 11 is 0. The van der Waals surface area contributed by atoms with E-state index in [1.807, 2.05) is 12.1 Å². The smallest absolute Gasteiger partial charge is 0.128 e. The van der Waals surface area contributed by atoms with Crippen LogP contribution in [0.15, 0.2) is 18.2 Å². The molecule has 0 aromatic heterocycles. The lowest BCUT2D eigenvalue weighted by Gasteiger charge is -2.25. The lowest BCUT2D eigenvalue weighted by atomic mass is 10.1. The predicted octanol–water partition coefficient (Wildman–Crippen LogP) is 1.85. The molecule has 5 nitrogen and oxygen atoms in total. The average molecular weight is 295 g/mol. The molecule has 1 aliphatic heterocycles. The van der Waals surface area contributed by atoms with Crippen LogP contribution < -0.4 is 9.47 Å². The fourth-order valence-corrected chi connectivity index (χ4v) is 2.68. The van der Waals surface area contributed by atoms with E-state index in [0.29, 0.717) is 12.3 Å². The molecule has 1 saturated heterocycles. The molecular formula is C16H25NO4. The molecule has 1 fully saturated rings. The number of hydrogen-bond acceptors (Lipinski definition) is 5. The molecule has 0 saturated carbocycles. The highest BCUT2D eigenvalue weighted by molar-refractivity contribution is 5.42. The second-order valence-corrected chi connectivity index (χ2v) is 5.42. The van der Waals surface area contributed by atoms with Crippen LogP contribution in [0.25, 0.3) is 0 Å². The number of methoxy groups -OCH3 is 2. The van der Waals surface area contributed by atoms with Gasteiger partial charge in [-0.25, -0.2) is 0 Å². The minimum atomic E-state index is -0.587. The molecule has 0 amide bonds. The Hall–Kier alpha value is -1.30. The first-order chi connectivity index (χ1) is 10.1. The Kier molecular flexibility index (Phi) is 5.85. The Labute approximate surface area is 126 Å². The van der Waals surface area contributed by atoms with E-state index in [-0.39, 0.29) is 6.10 Å². The van der Waals surface area contributed by atoms with Crippen LogP contribution in [-0.2, 0) is 4.74 Å². The maximum atomic E-state index is 10.5. The summed E-state index contributed by atoms with van der Waals surface area (Å²) in [5.41, 5.74) is 0.788. The molecule has 0 aliphatic carbocycles. The number of rotatable bonds is 5. The van der Waals surface area contributed by atoms with Gasteiger partial charge in [0.1, 0.15) is 11.5 Å². The minimum Gasteiger partial charge on any atom is -0.497 e. The summed E-state index contributed by atoms with van der Waals surface area (Å²) in [6.45, 7) is 5.23. The highest BCUT2D eigenvalue weighted by Crippen LogP contribution is 2.30. The first kappa shape index (κ1) is 16.1. The number of nitrogens with zero attached hydrogens (tertiary/aromatic N) is 1. The van der Waals surface area contributed by atoms with Gasteiger partial charge in [-0.2, -0.15) is 0 Å². The van der Waals surface area contributed by atoms with E-state index in [0.717, 1.165) is 37.4 Å². The zero-order valence-electron chi connectivity index (χ0n) is 13.0. The summed E-state index contributed by atoms with van der Waals surface area (Å²) < 4.78 is 16.2. The van der Waals surface area contributed by atoms with E-state index in [2.05, 4.69) is 11.8 Å². The van der Waals surface area contributed by atoms with E-state index in [9.17, 15) is 5.11 Å². The van der Waals surface area contributed by atoms with Gasteiger partial charge < -0.3 is 19.3 Å². The monoisotopic (exact) mass is 295 g/mol. The first-order valence-corrected chi connectivity index (χ1v) is 7.38. The number of ether oxygens (including phenoxy) is 3. The molecule has 2 atom stereocenters. The summed E-state index contributed by atoms with van der Waals surface area (Å²) in [6, 6.07) is 5.50. The Morgan fingerprint density at radius 2 is 2.19 bits per heavy atom. The third-order valence-corrected chi connectivity index (χ3v) is 3.77. The van der Waals surface area contributed by atoms with Gasteiger partial charge in [-0.3, -0.25) is 4.90 Å². The fraction of sp³-hybridized carbons (Fsp3) is 0.625. The van der Waals surface area contributed by atoms with Gasteiger partial charge in [0.05, 0.1) is 26.4 Å². The van der Waals surface area contributed by atoms with Gasteiger partial charge >= 0.3 is 0 Å². The fourth-order valence-electron chi connectivity index (χ4n) is 2.68. The minimum absolute atomic E-state index is 0.206. The van der Waals surface area contributed by atoms with Crippen molar-refractivity contribution in [2.24, 2.45) is 0 Å². The van der Waals surface area contributed by atoms with Crippen molar-refractivity contribution >= 4 is 0 Å². The highest BCUT2D eigenvalue weighted by atomic mass is 16.5. The Balaban J connectivity index is 2.06. The van der Waals surface area contributed by atoms with Crippen molar-refractivity contribution in [2.45, 2.75) is 25.6 Å². The maximum absolute atomic E-state index is 10.5. The third-order valence-electron chi connectivity index (χ3n) is 3.77. The highest BCUT2D eigenvalue weighted by Gasteiger charge is 2.21. The molecule has 21 heavy (non-hydrogen) atoms. The summed E-state index contributed by atoms with van der Waals surface area (Å²) in [7, 11) is 3.22. The molecule has 1 aromatic carbocycles. The summed E-state index contributed by atoms with van der Waals surface area (Å²) in [5.74, 6) is 1.38. The number of hydrogen-bond donors (Lipinski definition) is 1. The molecule has 1 N–H and O–H groups in total. The lowest BCUT2D eigenvalue weighted by Crippen LogP contribution is -2.34. The van der Waals surface area contributed by atoms with E-state index in [4.69, 9.17) is 14.2 Å². The van der Waals surface area contributed by atoms with Crippen LogP contribution in [0, 0.1) is 0 Å². The van der Waals surface area contributed by atoms with Crippen LogP contribution in [-0.4, -0.2) is 56.6 Å². The van der Waals surface area contributed by atoms with E-state index < -0.39 is 6.10 Å². The van der Waals surface area contributed by atoms with Crippen LogP contribution in [0.2, 0.25) is 0 Å². The van der Waals surface area contributed by atoms with Crippen LogP contribution >= 0.6 is 0 Å². The standard InChI is InChI=1S/C16H25NO4/c1-12-10-17(7-4-8-21-12)11-15(18)14-6-5-13(19-2)9-16(14)20-3/h5-6,9,12,15,18H,4,7-8,10-11H2,1-3H3. The molecular weight excluding hydrogens is 270 g/mol. The van der Waals surface area contributed by atoms with Gasteiger partial charge in [0.25, 0.3) is 0 Å². The van der Waals surface area contributed by atoms with Gasteiger partial charge in [-0.1, -0.05) is 0 Å². The molecule has 1 aliphatic rings. The zero-order valence-corrected chi connectivity index (χ0v) is 13.0. The second-order valence-electron chi connectivity index (χ2n) is 5.42. The van der Waals surface area contributed by atoms with Crippen molar-refractivity contribution in [1.82, 2.24) is 4.90 Å². The lowest BCUT2D eigenvalue weighted by molar-refractivity contribution is 0.0558. The van der Waals surface area contributed by atoms with Crippen LogP contribution in [0.1, 0.15) is 25.0 Å². The van der Waals surface area contributed by atoms with Crippen LogP contribution in [0.5, 0.6) is 11.5 Å². The quantitative estimate of drug-likeness (QED) is 0.898. The number of aliphatic hydroxyl groups excluding tert-OH is 1. The molecule has 1 heterocycles. The van der Waals surface area contributed by atoms with Crippen molar-refractivity contribution in [3.63, 3.8) is 0 Å².